The Balaban J connectivity index is 0.644. The number of ether oxygens (including phenoxy) is 30. The van der Waals surface area contributed by atoms with Gasteiger partial charge in [0.15, 0.2) is 71.5 Å². The third-order valence-electron chi connectivity index (χ3n) is 18.1. The lowest BCUT2D eigenvalue weighted by Crippen LogP contribution is -2.64. The van der Waals surface area contributed by atoms with Crippen LogP contribution in [0.15, 0.2) is 0 Å². The number of hydrogen-bond donors (Lipinski definition) is 1. The van der Waals surface area contributed by atoms with Crippen molar-refractivity contribution in [2.45, 2.75) is 298 Å². The average Bonchev–Trinajstić information content (AvgIpc) is 1.58. The van der Waals surface area contributed by atoms with E-state index in [0.717, 1.165) is 0 Å². The monoisotopic (exact) mass is 1380 g/mol. The second-order valence-electron chi connectivity index (χ2n) is 30.0. The van der Waals surface area contributed by atoms with Gasteiger partial charge in [-0.05, 0) is 111 Å². The molecule has 12 aliphatic heterocycles. The van der Waals surface area contributed by atoms with Gasteiger partial charge in [0.1, 0.15) is 116 Å². The minimum atomic E-state index is -1.12. The molecule has 31 nitrogen and oxygen atoms in total. The van der Waals surface area contributed by atoms with Gasteiger partial charge in [-0.1, -0.05) is 0 Å². The largest absolute Gasteiger partial charge is 0.388 e. The predicted octanol–water partition coefficient (Wildman–Crippen LogP) is 2.84. The van der Waals surface area contributed by atoms with Crippen LogP contribution in [0, 0.1) is 0 Å². The molecule has 12 aliphatic rings. The first-order chi connectivity index (χ1) is 45.3. The van der Waals surface area contributed by atoms with Crippen LogP contribution in [-0.4, -0.2) is 311 Å². The Kier molecular flexibility index (Phi) is 23.3. The van der Waals surface area contributed by atoms with E-state index in [-0.39, 0.29) is 92.5 Å². The van der Waals surface area contributed by atoms with Gasteiger partial charge in [0.2, 0.25) is 0 Å². The molecule has 0 spiro atoms. The summed E-state index contributed by atoms with van der Waals surface area (Å²) in [6, 6.07) is 0. The van der Waals surface area contributed by atoms with Gasteiger partial charge >= 0.3 is 0 Å². The van der Waals surface area contributed by atoms with E-state index in [1.165, 1.54) is 0 Å². The first-order valence-corrected chi connectivity index (χ1v) is 34.3. The number of rotatable bonds is 30. The maximum atomic E-state index is 11.5. The molecule has 12 fully saturated rings. The second kappa shape index (κ2) is 30.1. The molecule has 12 heterocycles. The molecule has 0 amide bonds. The highest BCUT2D eigenvalue weighted by Gasteiger charge is 2.63. The van der Waals surface area contributed by atoms with Crippen molar-refractivity contribution in [1.29, 1.82) is 0 Å². The van der Waals surface area contributed by atoms with E-state index in [1.54, 1.807) is 0 Å². The Morgan fingerprint density at radius 3 is 0.708 bits per heavy atom. The van der Waals surface area contributed by atoms with E-state index >= 15 is 0 Å². The van der Waals surface area contributed by atoms with E-state index < -0.39 is 187 Å². The Morgan fingerprint density at radius 1 is 0.271 bits per heavy atom. The SMILES string of the molecule is CC1(C)O[C@@H]2[C@H](O1)[C@@H](OCCOCC(COCCO[C@H]1O[C@@H]3COC(C)(C)O[C@H]3[C@@H]3OC(C)(C)O[C@H]13)OCC(O)COC(COCCO[C@H]1O[C@@H]3COC(C)(C)O[C@H]3[C@@H]3OC(C)(C)O[C@H]13)COCCO[C@H]1O[C@@H]3COC(C)(C)O[C@H]3[C@@H]3OC(C)(C)O[C@H]13)O[C@@H]1COC(C)(C)O[C@@H]21. The smallest absolute Gasteiger partial charge is 0.187 e. The van der Waals surface area contributed by atoms with Crippen molar-refractivity contribution in [1.82, 2.24) is 0 Å². The van der Waals surface area contributed by atoms with Crippen molar-refractivity contribution in [2.24, 2.45) is 0 Å². The molecule has 0 aromatic rings. The minimum Gasteiger partial charge on any atom is -0.388 e. The van der Waals surface area contributed by atoms with Gasteiger partial charge in [-0.3, -0.25) is 0 Å². The molecular weight excluding hydrogens is 1280 g/mol. The molecule has 0 aliphatic carbocycles. The van der Waals surface area contributed by atoms with Crippen molar-refractivity contribution in [3.63, 3.8) is 0 Å². The fraction of sp³-hybridized carbons (Fsp3) is 1.00. The summed E-state index contributed by atoms with van der Waals surface area (Å²) < 4.78 is 187. The Labute approximate surface area is 562 Å². The van der Waals surface area contributed by atoms with Crippen molar-refractivity contribution < 1.29 is 147 Å². The standard InChI is InChI=1S/C65H108O31/c1-58(2)77-31-38-42(85-58)46-50(93-62(9,10)89-46)54(81-38)71-21-17-67-27-36(28-68-18-22-72-55-51-47(90-63(11,12)94-51)43-39(82-55)32-78-59(3,4)86-43)75-25-35(66)26-76-37(29-69-19-23-73-56-52-48(91-64(13,14)95-52)44-40(83-56)33-79-60(5,6)87-44)30-70-20-24-74-57-53-49(92-65(15,16)96-53)45-41(84-57)34-80-61(7,8)88-45/h35-57,66H,17-34H2,1-16H3/t38-,39-,40-,41-,42-,43-,44-,45-,46+,47+,48+,49+,50+,51+,52+,53+,54+,55+,56+,57+/m1/s1. The number of hydrogen-bond acceptors (Lipinski definition) is 31. The molecule has 0 saturated carbocycles. The number of aliphatic hydroxyl groups is 1. The second-order valence-corrected chi connectivity index (χ2v) is 30.0. The van der Waals surface area contributed by atoms with E-state index in [1.807, 2.05) is 111 Å². The summed E-state index contributed by atoms with van der Waals surface area (Å²) >= 11 is 0. The van der Waals surface area contributed by atoms with Crippen molar-refractivity contribution >= 4 is 0 Å². The Morgan fingerprint density at radius 2 is 0.479 bits per heavy atom. The van der Waals surface area contributed by atoms with E-state index in [4.69, 9.17) is 142 Å². The van der Waals surface area contributed by atoms with E-state index in [9.17, 15) is 5.11 Å². The average molecular weight is 1390 g/mol. The summed E-state index contributed by atoms with van der Waals surface area (Å²) in [5, 5.41) is 11.5. The molecule has 0 unspecified atom stereocenters. The lowest BCUT2D eigenvalue weighted by atomic mass is 9.97. The predicted molar refractivity (Wildman–Crippen MR) is 322 cm³/mol. The van der Waals surface area contributed by atoms with Gasteiger partial charge in [-0.2, -0.15) is 0 Å². The van der Waals surface area contributed by atoms with Crippen LogP contribution < -0.4 is 0 Å². The minimum absolute atomic E-state index is 0.0590. The van der Waals surface area contributed by atoms with Crippen molar-refractivity contribution in [3.8, 4) is 0 Å². The van der Waals surface area contributed by atoms with Crippen LogP contribution in [0.5, 0.6) is 0 Å². The molecule has 96 heavy (non-hydrogen) atoms. The maximum Gasteiger partial charge on any atom is 0.187 e. The molecule has 554 valence electrons. The fourth-order valence-electron chi connectivity index (χ4n) is 14.1. The van der Waals surface area contributed by atoms with Crippen molar-refractivity contribution in [2.75, 3.05) is 119 Å². The lowest BCUT2D eigenvalue weighted by Gasteiger charge is -2.48. The highest BCUT2D eigenvalue weighted by atomic mass is 16.9. The summed E-state index contributed by atoms with van der Waals surface area (Å²) in [5.74, 6) is -6.83. The zero-order chi connectivity index (χ0) is 68.2. The van der Waals surface area contributed by atoms with Gasteiger partial charge in [-0.25, -0.2) is 0 Å². The molecular formula is C65H108O31. The highest BCUT2D eigenvalue weighted by Crippen LogP contribution is 2.47. The van der Waals surface area contributed by atoms with Crippen LogP contribution in [0.4, 0.5) is 0 Å². The zero-order valence-corrected chi connectivity index (χ0v) is 58.7. The third-order valence-corrected chi connectivity index (χ3v) is 18.1. The Bertz CT molecular complexity index is 2170. The van der Waals surface area contributed by atoms with E-state index in [2.05, 4.69) is 0 Å². The topological polar surface area (TPSA) is 297 Å². The summed E-state index contributed by atoms with van der Waals surface area (Å²) in [4.78, 5) is 0. The van der Waals surface area contributed by atoms with Crippen molar-refractivity contribution in [3.05, 3.63) is 0 Å². The molecule has 0 radical (unpaired) electrons. The normalized spacial score (nSPS) is 40.9. The molecule has 12 rings (SSSR count). The number of aliphatic hydroxyl groups excluding tert-OH is 1. The molecule has 31 heteroatoms. The van der Waals surface area contributed by atoms with Gasteiger partial charge in [0.25, 0.3) is 0 Å². The third kappa shape index (κ3) is 18.6. The Hall–Kier alpha value is -1.24. The van der Waals surface area contributed by atoms with Gasteiger partial charge in [0, 0.05) is 0 Å². The summed E-state index contributed by atoms with van der Waals surface area (Å²) in [5.41, 5.74) is 0. The summed E-state index contributed by atoms with van der Waals surface area (Å²) in [6.07, 6.45) is -13.1. The van der Waals surface area contributed by atoms with Crippen LogP contribution in [0.2, 0.25) is 0 Å². The van der Waals surface area contributed by atoms with Gasteiger partial charge in [0.05, 0.1) is 119 Å². The highest BCUT2D eigenvalue weighted by molar-refractivity contribution is 5.03. The first kappa shape index (κ1) is 74.5. The summed E-state index contributed by atoms with van der Waals surface area (Å²) in [6.45, 7) is 31.9. The summed E-state index contributed by atoms with van der Waals surface area (Å²) in [7, 11) is 0. The first-order valence-electron chi connectivity index (χ1n) is 34.3. The molecule has 20 atom stereocenters. The maximum absolute atomic E-state index is 11.5. The van der Waals surface area contributed by atoms with Crippen LogP contribution >= 0.6 is 0 Å². The van der Waals surface area contributed by atoms with Gasteiger partial charge in [-0.15, -0.1) is 0 Å². The van der Waals surface area contributed by atoms with E-state index in [0.29, 0.717) is 26.4 Å². The zero-order valence-electron chi connectivity index (χ0n) is 58.7. The van der Waals surface area contributed by atoms with Crippen LogP contribution in [0.1, 0.15) is 111 Å². The molecule has 0 aromatic heterocycles. The number of fused-ring (bicyclic) bond motifs is 12. The lowest BCUT2D eigenvalue weighted by molar-refractivity contribution is -0.371. The fourth-order valence-corrected chi connectivity index (χ4v) is 14.1. The van der Waals surface area contributed by atoms with Crippen LogP contribution in [0.3, 0.4) is 0 Å². The van der Waals surface area contributed by atoms with Crippen LogP contribution in [-0.2, 0) is 142 Å². The molecule has 0 aromatic carbocycles. The molecule has 12 saturated heterocycles. The van der Waals surface area contributed by atoms with Gasteiger partial charge < -0.3 is 147 Å². The molecule has 0 bridgehead atoms. The van der Waals surface area contributed by atoms with Crippen LogP contribution in [0.25, 0.3) is 0 Å². The molecule has 1 N–H and O–H groups in total. The quantitative estimate of drug-likeness (QED) is 0.101.